The van der Waals surface area contributed by atoms with Crippen LogP contribution in [-0.4, -0.2) is 20.2 Å². The number of hydrogen-bond acceptors (Lipinski definition) is 2. The van der Waals surface area contributed by atoms with Gasteiger partial charge in [0.15, 0.2) is 0 Å². The standard InChI is InChI=1S/C17H27NO/c1-5-14-10-17(14,12-18-11-13(2)3)15-6-8-16(19-4)9-7-15/h6-9,13-14,18H,5,10-12H2,1-4H3. The van der Waals surface area contributed by atoms with E-state index in [2.05, 4.69) is 50.4 Å². The molecule has 2 heteroatoms. The summed E-state index contributed by atoms with van der Waals surface area (Å²) in [6.07, 6.45) is 2.59. The van der Waals surface area contributed by atoms with Gasteiger partial charge in [0.1, 0.15) is 5.75 Å². The van der Waals surface area contributed by atoms with Crippen molar-refractivity contribution in [1.29, 1.82) is 0 Å². The number of ether oxygens (including phenoxy) is 1. The van der Waals surface area contributed by atoms with Crippen LogP contribution in [0.3, 0.4) is 0 Å². The minimum absolute atomic E-state index is 0.371. The van der Waals surface area contributed by atoms with E-state index in [0.717, 1.165) is 24.8 Å². The zero-order valence-corrected chi connectivity index (χ0v) is 12.7. The predicted molar refractivity (Wildman–Crippen MR) is 80.8 cm³/mol. The van der Waals surface area contributed by atoms with Gasteiger partial charge in [-0.15, -0.1) is 0 Å². The first-order valence-electron chi connectivity index (χ1n) is 7.47. The molecule has 2 atom stereocenters. The maximum Gasteiger partial charge on any atom is 0.118 e. The molecule has 2 unspecified atom stereocenters. The Kier molecular flexibility index (Phi) is 4.51. The lowest BCUT2D eigenvalue weighted by Gasteiger charge is -2.20. The van der Waals surface area contributed by atoms with Crippen molar-refractivity contribution in [2.24, 2.45) is 11.8 Å². The Morgan fingerprint density at radius 3 is 2.47 bits per heavy atom. The second-order valence-electron chi connectivity index (χ2n) is 6.22. The average Bonchev–Trinajstić information content (AvgIpc) is 3.13. The van der Waals surface area contributed by atoms with Crippen molar-refractivity contribution in [2.75, 3.05) is 20.2 Å². The summed E-state index contributed by atoms with van der Waals surface area (Å²) in [7, 11) is 1.72. The van der Waals surface area contributed by atoms with Gasteiger partial charge in [0.25, 0.3) is 0 Å². The van der Waals surface area contributed by atoms with Crippen LogP contribution in [0, 0.1) is 11.8 Å². The van der Waals surface area contributed by atoms with E-state index in [1.54, 1.807) is 7.11 Å². The average molecular weight is 261 g/mol. The molecule has 0 aromatic heterocycles. The second-order valence-corrected chi connectivity index (χ2v) is 6.22. The number of rotatable bonds is 7. The van der Waals surface area contributed by atoms with Crippen molar-refractivity contribution < 1.29 is 4.74 Å². The fourth-order valence-corrected chi connectivity index (χ4v) is 3.09. The molecule has 1 aromatic rings. The molecule has 0 saturated heterocycles. The summed E-state index contributed by atoms with van der Waals surface area (Å²) >= 11 is 0. The highest BCUT2D eigenvalue weighted by atomic mass is 16.5. The third kappa shape index (κ3) is 3.11. The molecule has 1 aliphatic carbocycles. The van der Waals surface area contributed by atoms with Crippen LogP contribution in [0.15, 0.2) is 24.3 Å². The smallest absolute Gasteiger partial charge is 0.118 e. The van der Waals surface area contributed by atoms with E-state index in [9.17, 15) is 0 Å². The van der Waals surface area contributed by atoms with Crippen LogP contribution >= 0.6 is 0 Å². The molecule has 1 aliphatic rings. The maximum atomic E-state index is 5.25. The molecule has 1 aromatic carbocycles. The van der Waals surface area contributed by atoms with E-state index in [1.165, 1.54) is 18.4 Å². The van der Waals surface area contributed by atoms with Crippen LogP contribution in [0.4, 0.5) is 0 Å². The molecular formula is C17H27NO. The van der Waals surface area contributed by atoms with E-state index in [0.29, 0.717) is 11.3 Å². The molecule has 1 fully saturated rings. The summed E-state index contributed by atoms with van der Waals surface area (Å²) in [6, 6.07) is 8.66. The van der Waals surface area contributed by atoms with Crippen LogP contribution in [0.1, 0.15) is 39.2 Å². The van der Waals surface area contributed by atoms with Gasteiger partial charge < -0.3 is 10.1 Å². The Bertz CT molecular complexity index is 398. The van der Waals surface area contributed by atoms with Crippen molar-refractivity contribution in [3.8, 4) is 5.75 Å². The fraction of sp³-hybridized carbons (Fsp3) is 0.647. The van der Waals surface area contributed by atoms with Gasteiger partial charge in [-0.05, 0) is 42.5 Å². The quantitative estimate of drug-likeness (QED) is 0.809. The van der Waals surface area contributed by atoms with E-state index in [1.807, 2.05) is 0 Å². The molecule has 1 N–H and O–H groups in total. The number of benzene rings is 1. The summed E-state index contributed by atoms with van der Waals surface area (Å²) in [5.74, 6) is 2.50. The van der Waals surface area contributed by atoms with Gasteiger partial charge in [-0.2, -0.15) is 0 Å². The van der Waals surface area contributed by atoms with Crippen molar-refractivity contribution in [3.05, 3.63) is 29.8 Å². The Morgan fingerprint density at radius 1 is 1.32 bits per heavy atom. The van der Waals surface area contributed by atoms with Crippen molar-refractivity contribution in [2.45, 2.75) is 39.0 Å². The van der Waals surface area contributed by atoms with Crippen molar-refractivity contribution >= 4 is 0 Å². The van der Waals surface area contributed by atoms with E-state index >= 15 is 0 Å². The lowest BCUT2D eigenvalue weighted by atomic mass is 9.92. The SMILES string of the molecule is CCC1CC1(CNCC(C)C)c1ccc(OC)cc1. The number of hydrogen-bond donors (Lipinski definition) is 1. The fourth-order valence-electron chi connectivity index (χ4n) is 3.09. The Hall–Kier alpha value is -1.02. The van der Waals surface area contributed by atoms with Crippen LogP contribution < -0.4 is 10.1 Å². The van der Waals surface area contributed by atoms with Crippen LogP contribution in [0.5, 0.6) is 5.75 Å². The summed E-state index contributed by atoms with van der Waals surface area (Å²) in [5.41, 5.74) is 1.84. The summed E-state index contributed by atoms with van der Waals surface area (Å²) in [6.45, 7) is 9.04. The number of methoxy groups -OCH3 is 1. The molecule has 0 bridgehead atoms. The molecule has 1 saturated carbocycles. The van der Waals surface area contributed by atoms with Crippen LogP contribution in [-0.2, 0) is 5.41 Å². The minimum Gasteiger partial charge on any atom is -0.497 e. The molecule has 0 heterocycles. The first-order valence-corrected chi connectivity index (χ1v) is 7.47. The topological polar surface area (TPSA) is 21.3 Å². The van der Waals surface area contributed by atoms with Crippen molar-refractivity contribution in [1.82, 2.24) is 5.32 Å². The highest BCUT2D eigenvalue weighted by Crippen LogP contribution is 2.55. The molecule has 2 rings (SSSR count). The van der Waals surface area contributed by atoms with Crippen LogP contribution in [0.2, 0.25) is 0 Å². The lowest BCUT2D eigenvalue weighted by molar-refractivity contribution is 0.414. The normalized spacial score (nSPS) is 25.6. The van der Waals surface area contributed by atoms with Crippen LogP contribution in [0.25, 0.3) is 0 Å². The Labute approximate surface area is 117 Å². The molecular weight excluding hydrogens is 234 g/mol. The van der Waals surface area contributed by atoms with Gasteiger partial charge in [0, 0.05) is 12.0 Å². The van der Waals surface area contributed by atoms with Gasteiger partial charge in [-0.25, -0.2) is 0 Å². The van der Waals surface area contributed by atoms with Gasteiger partial charge >= 0.3 is 0 Å². The van der Waals surface area contributed by atoms with E-state index < -0.39 is 0 Å². The molecule has 0 radical (unpaired) electrons. The molecule has 0 amide bonds. The first kappa shape index (κ1) is 14.4. The predicted octanol–water partition coefficient (Wildman–Crippen LogP) is 3.61. The van der Waals surface area contributed by atoms with Gasteiger partial charge in [-0.3, -0.25) is 0 Å². The van der Waals surface area contributed by atoms with Crippen molar-refractivity contribution in [3.63, 3.8) is 0 Å². The Balaban J connectivity index is 2.06. The summed E-state index contributed by atoms with van der Waals surface area (Å²) < 4.78 is 5.25. The monoisotopic (exact) mass is 261 g/mol. The van der Waals surface area contributed by atoms with Gasteiger partial charge in [0.2, 0.25) is 0 Å². The summed E-state index contributed by atoms with van der Waals surface area (Å²) in [4.78, 5) is 0. The van der Waals surface area contributed by atoms with E-state index in [-0.39, 0.29) is 0 Å². The largest absolute Gasteiger partial charge is 0.497 e. The van der Waals surface area contributed by atoms with Gasteiger partial charge in [-0.1, -0.05) is 39.3 Å². The minimum atomic E-state index is 0.371. The zero-order chi connectivity index (χ0) is 13.9. The molecule has 2 nitrogen and oxygen atoms in total. The highest BCUT2D eigenvalue weighted by Gasteiger charge is 2.53. The van der Waals surface area contributed by atoms with Gasteiger partial charge in [0.05, 0.1) is 7.11 Å². The zero-order valence-electron chi connectivity index (χ0n) is 12.7. The maximum absolute atomic E-state index is 5.25. The molecule has 0 spiro atoms. The third-order valence-electron chi connectivity index (χ3n) is 4.38. The molecule has 0 aliphatic heterocycles. The van der Waals surface area contributed by atoms with E-state index in [4.69, 9.17) is 4.74 Å². The summed E-state index contributed by atoms with van der Waals surface area (Å²) in [5, 5.41) is 3.65. The highest BCUT2D eigenvalue weighted by molar-refractivity contribution is 5.38. The molecule has 106 valence electrons. The first-order chi connectivity index (χ1) is 9.12. The lowest BCUT2D eigenvalue weighted by Crippen LogP contribution is -2.31. The Morgan fingerprint density at radius 2 is 2.00 bits per heavy atom. The number of nitrogens with one attached hydrogen (secondary N) is 1. The third-order valence-corrected chi connectivity index (χ3v) is 4.38. The second kappa shape index (κ2) is 5.96. The molecule has 19 heavy (non-hydrogen) atoms.